The zero-order chi connectivity index (χ0) is 17.7. The molecule has 0 bridgehead atoms. The molecule has 0 aliphatic carbocycles. The Morgan fingerprint density at radius 1 is 1.17 bits per heavy atom. The maximum atomic E-state index is 12.4. The molecule has 0 radical (unpaired) electrons. The van der Waals surface area contributed by atoms with Crippen molar-refractivity contribution in [1.29, 1.82) is 0 Å². The number of nitrogens with one attached hydrogen (secondary N) is 1. The molecular formula is C14H18N3O6P. The van der Waals surface area contributed by atoms with E-state index in [1.54, 1.807) is 44.2 Å². The summed E-state index contributed by atoms with van der Waals surface area (Å²) in [5.41, 5.74) is 0.348. The van der Waals surface area contributed by atoms with Crippen LogP contribution in [0.5, 0.6) is 0 Å². The van der Waals surface area contributed by atoms with E-state index in [0.717, 1.165) is 4.90 Å². The van der Waals surface area contributed by atoms with Gasteiger partial charge in [0.15, 0.2) is 0 Å². The molecule has 5 amide bonds. The molecule has 1 aromatic rings. The van der Waals surface area contributed by atoms with Crippen molar-refractivity contribution in [3.05, 3.63) is 30.3 Å². The predicted octanol–water partition coefficient (Wildman–Crippen LogP) is 2.35. The highest BCUT2D eigenvalue weighted by molar-refractivity contribution is 7.52. The minimum atomic E-state index is -3.89. The third-order valence-electron chi connectivity index (χ3n) is 3.06. The fourth-order valence-corrected chi connectivity index (χ4v) is 3.35. The molecular weight excluding hydrogens is 337 g/mol. The second kappa shape index (κ2) is 7.57. The zero-order valence-electron chi connectivity index (χ0n) is 13.3. The molecule has 10 heteroatoms. The quantitative estimate of drug-likeness (QED) is 0.620. The van der Waals surface area contributed by atoms with Crippen molar-refractivity contribution in [1.82, 2.24) is 9.99 Å². The van der Waals surface area contributed by atoms with Crippen molar-refractivity contribution in [2.45, 2.75) is 13.8 Å². The number of nitrogens with zero attached hydrogens (tertiary/aromatic N) is 2. The minimum Gasteiger partial charge on any atom is -0.293 e. The molecule has 1 aliphatic heterocycles. The minimum absolute atomic E-state index is 0.0422. The highest BCUT2D eigenvalue weighted by atomic mass is 31.2. The third kappa shape index (κ3) is 3.81. The van der Waals surface area contributed by atoms with Crippen LogP contribution in [0.2, 0.25) is 0 Å². The van der Waals surface area contributed by atoms with Gasteiger partial charge in [-0.25, -0.2) is 29.0 Å². The van der Waals surface area contributed by atoms with E-state index in [9.17, 15) is 18.9 Å². The predicted molar refractivity (Wildman–Crippen MR) is 85.4 cm³/mol. The summed E-state index contributed by atoms with van der Waals surface area (Å²) in [5, 5.41) is 2.06. The molecule has 0 aromatic heterocycles. The first-order valence-electron chi connectivity index (χ1n) is 7.32. The summed E-state index contributed by atoms with van der Waals surface area (Å²) in [5.74, 6) is -0.566. The van der Waals surface area contributed by atoms with Crippen molar-refractivity contribution in [3.8, 4) is 0 Å². The summed E-state index contributed by atoms with van der Waals surface area (Å²) in [6, 6.07) is 6.36. The molecule has 1 fully saturated rings. The Balaban J connectivity index is 2.15. The number of imide groups is 2. The van der Waals surface area contributed by atoms with Gasteiger partial charge in [-0.05, 0) is 26.0 Å². The standard InChI is InChI=1S/C14H18N3O6P/c1-3-22-24(21,23-4-2)15-13(19)16-10-12(18)17(14(16)20)11-8-6-5-7-9-11/h5-9H,3-4,10H2,1-2H3,(H,15,19,21). The molecule has 1 N–H and O–H groups in total. The third-order valence-corrected chi connectivity index (χ3v) is 4.72. The van der Waals surface area contributed by atoms with Gasteiger partial charge in [0, 0.05) is 0 Å². The van der Waals surface area contributed by atoms with Crippen LogP contribution < -0.4 is 9.99 Å². The van der Waals surface area contributed by atoms with Crippen molar-refractivity contribution in [3.63, 3.8) is 0 Å². The molecule has 1 aromatic carbocycles. The van der Waals surface area contributed by atoms with Crippen molar-refractivity contribution in [2.24, 2.45) is 0 Å². The number of hydrogen-bond acceptors (Lipinski definition) is 6. The lowest BCUT2D eigenvalue weighted by Gasteiger charge is -2.21. The Morgan fingerprint density at radius 2 is 1.75 bits per heavy atom. The van der Waals surface area contributed by atoms with Crippen LogP contribution in [0.3, 0.4) is 0 Å². The van der Waals surface area contributed by atoms with E-state index in [2.05, 4.69) is 5.09 Å². The average Bonchev–Trinajstić information content (AvgIpc) is 2.83. The topological polar surface area (TPSA) is 105 Å². The van der Waals surface area contributed by atoms with Crippen LogP contribution in [0.1, 0.15) is 13.8 Å². The number of benzene rings is 1. The molecule has 1 aliphatic rings. The number of para-hydroxylation sites is 1. The van der Waals surface area contributed by atoms with Gasteiger partial charge in [0.1, 0.15) is 6.54 Å². The van der Waals surface area contributed by atoms with Gasteiger partial charge in [-0.1, -0.05) is 18.2 Å². The van der Waals surface area contributed by atoms with Gasteiger partial charge >= 0.3 is 19.8 Å². The van der Waals surface area contributed by atoms with Crippen LogP contribution in [-0.2, 0) is 18.4 Å². The maximum Gasteiger partial charge on any atom is 0.436 e. The summed E-state index contributed by atoms with van der Waals surface area (Å²) in [4.78, 5) is 38.2. The Kier molecular flexibility index (Phi) is 5.71. The van der Waals surface area contributed by atoms with Gasteiger partial charge in [-0.15, -0.1) is 0 Å². The van der Waals surface area contributed by atoms with Gasteiger partial charge in [0.25, 0.3) is 5.91 Å². The molecule has 130 valence electrons. The van der Waals surface area contributed by atoms with Crippen molar-refractivity contribution >= 4 is 31.4 Å². The molecule has 0 unspecified atom stereocenters. The van der Waals surface area contributed by atoms with Gasteiger partial charge < -0.3 is 0 Å². The second-order valence-corrected chi connectivity index (χ2v) is 6.42. The molecule has 9 nitrogen and oxygen atoms in total. The van der Waals surface area contributed by atoms with E-state index in [4.69, 9.17) is 9.05 Å². The first-order chi connectivity index (χ1) is 11.4. The number of rotatable bonds is 6. The average molecular weight is 355 g/mol. The molecule has 2 rings (SSSR count). The van der Waals surface area contributed by atoms with Gasteiger partial charge in [0.05, 0.1) is 18.9 Å². The highest BCUT2D eigenvalue weighted by Gasteiger charge is 2.42. The monoisotopic (exact) mass is 355 g/mol. The lowest BCUT2D eigenvalue weighted by Crippen LogP contribution is -2.42. The molecule has 1 heterocycles. The van der Waals surface area contributed by atoms with Crippen LogP contribution in [-0.4, -0.2) is 42.6 Å². The van der Waals surface area contributed by atoms with E-state index in [1.165, 1.54) is 0 Å². The first-order valence-corrected chi connectivity index (χ1v) is 8.87. The summed E-state index contributed by atoms with van der Waals surface area (Å²) in [6.07, 6.45) is 0. The molecule has 1 saturated heterocycles. The van der Waals surface area contributed by atoms with Crippen LogP contribution in [0, 0.1) is 0 Å². The number of urea groups is 2. The van der Waals surface area contributed by atoms with E-state index in [1.807, 2.05) is 0 Å². The fourth-order valence-electron chi connectivity index (χ4n) is 2.11. The number of hydrogen-bond donors (Lipinski definition) is 1. The zero-order valence-corrected chi connectivity index (χ0v) is 14.2. The van der Waals surface area contributed by atoms with Crippen LogP contribution in [0.25, 0.3) is 0 Å². The lowest BCUT2D eigenvalue weighted by molar-refractivity contribution is -0.116. The number of carbonyl (C=O) groups excluding carboxylic acids is 3. The smallest absolute Gasteiger partial charge is 0.293 e. The number of anilines is 1. The Bertz CT molecular complexity index is 670. The first kappa shape index (κ1) is 18.1. The highest BCUT2D eigenvalue weighted by Crippen LogP contribution is 2.43. The summed E-state index contributed by atoms with van der Waals surface area (Å²) >= 11 is 0. The lowest BCUT2D eigenvalue weighted by atomic mass is 10.3. The fraction of sp³-hybridized carbons (Fsp3) is 0.357. The molecule has 0 spiro atoms. The van der Waals surface area contributed by atoms with E-state index in [0.29, 0.717) is 10.6 Å². The van der Waals surface area contributed by atoms with E-state index >= 15 is 0 Å². The Hall–Kier alpha value is -2.22. The van der Waals surface area contributed by atoms with Gasteiger partial charge in [-0.3, -0.25) is 13.8 Å². The summed E-state index contributed by atoms with van der Waals surface area (Å²) in [7, 11) is -3.89. The van der Waals surface area contributed by atoms with Crippen LogP contribution in [0.15, 0.2) is 30.3 Å². The Morgan fingerprint density at radius 3 is 2.29 bits per heavy atom. The maximum absolute atomic E-state index is 12.4. The molecule has 0 atom stereocenters. The van der Waals surface area contributed by atoms with Crippen molar-refractivity contribution in [2.75, 3.05) is 24.7 Å². The molecule has 24 heavy (non-hydrogen) atoms. The number of amides is 5. The normalized spacial score (nSPS) is 15.1. The largest absolute Gasteiger partial charge is 0.436 e. The summed E-state index contributed by atoms with van der Waals surface area (Å²) in [6.45, 7) is 2.79. The van der Waals surface area contributed by atoms with Crippen molar-refractivity contribution < 1.29 is 28.0 Å². The Labute approximate surface area is 139 Å². The van der Waals surface area contributed by atoms with E-state index in [-0.39, 0.29) is 13.2 Å². The second-order valence-electron chi connectivity index (χ2n) is 4.68. The van der Waals surface area contributed by atoms with E-state index < -0.39 is 32.3 Å². The SMILES string of the molecule is CCOP(=O)(NC(=O)N1CC(=O)N(c2ccccc2)C1=O)OCC. The summed E-state index contributed by atoms with van der Waals surface area (Å²) < 4.78 is 22.2. The van der Waals surface area contributed by atoms with Crippen LogP contribution >= 0.6 is 7.75 Å². The number of carbonyl (C=O) groups is 3. The molecule has 0 saturated carbocycles. The van der Waals surface area contributed by atoms with Gasteiger partial charge in [-0.2, -0.15) is 0 Å². The van der Waals surface area contributed by atoms with Gasteiger partial charge in [0.2, 0.25) is 0 Å². The van der Waals surface area contributed by atoms with Crippen LogP contribution in [0.4, 0.5) is 15.3 Å².